The molecule has 3 aromatic heterocycles. The Morgan fingerprint density at radius 2 is 0.782 bits per heavy atom. The first-order valence-electron chi connectivity index (χ1n) is 18.3. The van der Waals surface area contributed by atoms with E-state index in [0.29, 0.717) is 11.1 Å². The molecule has 11 rings (SSSR count). The molecule has 254 valence electrons. The van der Waals surface area contributed by atoms with E-state index in [4.69, 9.17) is 0 Å². The van der Waals surface area contributed by atoms with Crippen LogP contribution in [0.4, 0.5) is 0 Å². The van der Waals surface area contributed by atoms with Gasteiger partial charge in [-0.1, -0.05) is 121 Å². The molecule has 0 saturated carbocycles. The van der Waals surface area contributed by atoms with E-state index in [9.17, 15) is 10.5 Å². The van der Waals surface area contributed by atoms with E-state index in [0.717, 1.165) is 82.8 Å². The topological polar surface area (TPSA) is 62.4 Å². The lowest BCUT2D eigenvalue weighted by Gasteiger charge is -2.17. The summed E-state index contributed by atoms with van der Waals surface area (Å²) in [5.41, 5.74) is 12.1. The van der Waals surface area contributed by atoms with Crippen LogP contribution in [0.3, 0.4) is 0 Å². The minimum absolute atomic E-state index is 0.562. The van der Waals surface area contributed by atoms with Crippen LogP contribution in [-0.2, 0) is 0 Å². The summed E-state index contributed by atoms with van der Waals surface area (Å²) in [6.45, 7) is 0. The number of para-hydroxylation sites is 7. The molecule has 0 aliphatic heterocycles. The van der Waals surface area contributed by atoms with Crippen LogP contribution >= 0.6 is 0 Å². The van der Waals surface area contributed by atoms with Gasteiger partial charge < -0.3 is 13.7 Å². The molecule has 0 radical (unpaired) electrons. The third kappa shape index (κ3) is 4.33. The number of fused-ring (bicyclic) bond motifs is 9. The number of aromatic nitrogens is 3. The van der Waals surface area contributed by atoms with E-state index in [1.807, 2.05) is 42.5 Å². The van der Waals surface area contributed by atoms with E-state index in [1.165, 1.54) is 10.8 Å². The Balaban J connectivity index is 1.18. The number of benzene rings is 8. The molecule has 0 fully saturated rings. The fourth-order valence-corrected chi connectivity index (χ4v) is 8.87. The smallest absolute Gasteiger partial charge is 0.101 e. The van der Waals surface area contributed by atoms with Crippen LogP contribution in [0.25, 0.3) is 93.6 Å². The van der Waals surface area contributed by atoms with Gasteiger partial charge in [0.05, 0.1) is 61.3 Å². The van der Waals surface area contributed by atoms with Gasteiger partial charge in [-0.05, 0) is 60.2 Å². The van der Waals surface area contributed by atoms with Crippen molar-refractivity contribution in [2.75, 3.05) is 0 Å². The van der Waals surface area contributed by atoms with Crippen LogP contribution < -0.4 is 0 Å². The van der Waals surface area contributed by atoms with Crippen molar-refractivity contribution in [1.82, 2.24) is 13.7 Å². The molecule has 0 amide bonds. The first-order valence-corrected chi connectivity index (χ1v) is 18.3. The monoisotopic (exact) mass is 699 g/mol. The van der Waals surface area contributed by atoms with Crippen molar-refractivity contribution in [3.63, 3.8) is 0 Å². The van der Waals surface area contributed by atoms with Crippen LogP contribution in [0.1, 0.15) is 11.1 Å². The zero-order chi connectivity index (χ0) is 36.6. The second-order valence-corrected chi connectivity index (χ2v) is 13.9. The molecule has 55 heavy (non-hydrogen) atoms. The molecular formula is C50H29N5. The highest BCUT2D eigenvalue weighted by Gasteiger charge is 2.22. The molecule has 5 nitrogen and oxygen atoms in total. The normalized spacial score (nSPS) is 11.6. The Bertz CT molecular complexity index is 3420. The first kappa shape index (κ1) is 30.7. The third-order valence-corrected chi connectivity index (χ3v) is 11.1. The molecule has 0 atom stereocenters. The van der Waals surface area contributed by atoms with E-state index >= 15 is 0 Å². The van der Waals surface area contributed by atoms with Crippen molar-refractivity contribution < 1.29 is 0 Å². The predicted molar refractivity (Wildman–Crippen MR) is 224 cm³/mol. The fraction of sp³-hybridized carbons (Fsp3) is 0. The highest BCUT2D eigenvalue weighted by molar-refractivity contribution is 6.15. The summed E-state index contributed by atoms with van der Waals surface area (Å²) in [5, 5.41) is 28.0. The average molecular weight is 700 g/mol. The van der Waals surface area contributed by atoms with Gasteiger partial charge in [-0.15, -0.1) is 0 Å². The Hall–Kier alpha value is -7.86. The second-order valence-electron chi connectivity index (χ2n) is 13.9. The van der Waals surface area contributed by atoms with Crippen molar-refractivity contribution in [2.24, 2.45) is 0 Å². The van der Waals surface area contributed by atoms with Crippen molar-refractivity contribution >= 4 is 65.4 Å². The maximum atomic E-state index is 11.0. The molecule has 0 saturated heterocycles. The minimum Gasteiger partial charge on any atom is -0.307 e. The highest BCUT2D eigenvalue weighted by Crippen LogP contribution is 2.42. The largest absolute Gasteiger partial charge is 0.307 e. The number of rotatable bonds is 4. The van der Waals surface area contributed by atoms with E-state index in [2.05, 4.69) is 159 Å². The van der Waals surface area contributed by atoms with Crippen LogP contribution in [-0.4, -0.2) is 13.7 Å². The van der Waals surface area contributed by atoms with Crippen LogP contribution in [0.2, 0.25) is 0 Å². The van der Waals surface area contributed by atoms with E-state index in [-0.39, 0.29) is 0 Å². The quantitative estimate of drug-likeness (QED) is 0.184. The van der Waals surface area contributed by atoms with Gasteiger partial charge in [0.15, 0.2) is 0 Å². The number of nitrogens with zero attached hydrogens (tertiary/aromatic N) is 5. The Morgan fingerprint density at radius 3 is 1.40 bits per heavy atom. The van der Waals surface area contributed by atoms with Crippen LogP contribution in [0.5, 0.6) is 0 Å². The minimum atomic E-state index is 0.562. The van der Waals surface area contributed by atoms with E-state index in [1.54, 1.807) is 0 Å². The molecular weight excluding hydrogens is 671 g/mol. The molecule has 0 spiro atoms. The van der Waals surface area contributed by atoms with Crippen LogP contribution in [0.15, 0.2) is 176 Å². The SMILES string of the molecule is N#Cc1cc(-c2ccccc2-n2c3ccccc3c3cccc(C#N)c32)ccc1-n1c2ccccc2c2cccc(-n3c4ccccc4c4ccccc43)c21. The molecule has 0 unspecified atom stereocenters. The van der Waals surface area contributed by atoms with Gasteiger partial charge >= 0.3 is 0 Å². The van der Waals surface area contributed by atoms with Crippen molar-refractivity contribution in [1.29, 1.82) is 10.5 Å². The summed E-state index contributed by atoms with van der Waals surface area (Å²) < 4.78 is 6.83. The Morgan fingerprint density at radius 1 is 0.327 bits per heavy atom. The molecule has 8 aromatic carbocycles. The van der Waals surface area contributed by atoms with Gasteiger partial charge in [-0.25, -0.2) is 0 Å². The van der Waals surface area contributed by atoms with E-state index < -0.39 is 0 Å². The summed E-state index contributed by atoms with van der Waals surface area (Å²) in [4.78, 5) is 0. The predicted octanol–water partition coefficient (Wildman–Crippen LogP) is 12.4. The van der Waals surface area contributed by atoms with Gasteiger partial charge in [0.25, 0.3) is 0 Å². The fourth-order valence-electron chi connectivity index (χ4n) is 8.87. The summed E-state index contributed by atoms with van der Waals surface area (Å²) in [7, 11) is 0. The molecule has 11 aromatic rings. The first-order chi connectivity index (χ1) is 27.2. The molecule has 5 heteroatoms. The van der Waals surface area contributed by atoms with Gasteiger partial charge in [-0.3, -0.25) is 0 Å². The van der Waals surface area contributed by atoms with Gasteiger partial charge in [-0.2, -0.15) is 10.5 Å². The summed E-state index contributed by atoms with van der Waals surface area (Å²) in [5.74, 6) is 0. The molecule has 0 aliphatic carbocycles. The molecule has 0 N–H and O–H groups in total. The third-order valence-electron chi connectivity index (χ3n) is 11.1. The zero-order valence-corrected chi connectivity index (χ0v) is 29.5. The maximum absolute atomic E-state index is 11.0. The average Bonchev–Trinajstić information content (AvgIpc) is 3.89. The molecule has 0 bridgehead atoms. The zero-order valence-electron chi connectivity index (χ0n) is 29.5. The summed E-state index contributed by atoms with van der Waals surface area (Å²) >= 11 is 0. The summed E-state index contributed by atoms with van der Waals surface area (Å²) in [6, 6.07) is 65.8. The lowest BCUT2D eigenvalue weighted by atomic mass is 10.00. The van der Waals surface area contributed by atoms with Gasteiger partial charge in [0, 0.05) is 37.9 Å². The number of hydrogen-bond acceptors (Lipinski definition) is 2. The summed E-state index contributed by atoms with van der Waals surface area (Å²) in [6.07, 6.45) is 0. The van der Waals surface area contributed by atoms with Gasteiger partial charge in [0.1, 0.15) is 12.1 Å². The van der Waals surface area contributed by atoms with Crippen molar-refractivity contribution in [2.45, 2.75) is 0 Å². The highest BCUT2D eigenvalue weighted by atomic mass is 15.1. The maximum Gasteiger partial charge on any atom is 0.101 e. The molecule has 0 aliphatic rings. The van der Waals surface area contributed by atoms with Crippen molar-refractivity contribution in [3.05, 3.63) is 187 Å². The number of nitriles is 2. The lowest BCUT2D eigenvalue weighted by molar-refractivity contribution is 1.12. The Kier molecular flexibility index (Phi) is 6.61. The number of hydrogen-bond donors (Lipinski definition) is 0. The molecule has 3 heterocycles. The van der Waals surface area contributed by atoms with Crippen molar-refractivity contribution in [3.8, 4) is 40.3 Å². The van der Waals surface area contributed by atoms with Gasteiger partial charge in [0.2, 0.25) is 0 Å². The Labute approximate surface area is 316 Å². The second kappa shape index (κ2) is 11.8. The van der Waals surface area contributed by atoms with Crippen LogP contribution in [0, 0.1) is 22.7 Å². The lowest BCUT2D eigenvalue weighted by Crippen LogP contribution is -2.03. The standard InChI is InChI=1S/C50H29N5/c51-30-33-13-11-19-40-38-17-4-10-25-47(38)55(49(33)40)43-21-6-1-14-35(43)32-27-28-42(34(29-32)31-52)54-46-24-9-5-18-39(46)41-20-12-26-48(50(41)54)53-44-22-7-2-15-36(44)37-16-3-8-23-45(37)53/h1-29H.